The Labute approximate surface area is 115 Å². The van der Waals surface area contributed by atoms with Gasteiger partial charge in [0.15, 0.2) is 0 Å². The molecule has 0 unspecified atom stereocenters. The molecule has 2 N–H and O–H groups in total. The second-order valence-corrected chi connectivity index (χ2v) is 4.57. The average Bonchev–Trinajstić information content (AvgIpc) is 2.87. The van der Waals surface area contributed by atoms with E-state index in [-0.39, 0.29) is 18.2 Å². The van der Waals surface area contributed by atoms with Crippen LogP contribution in [0.3, 0.4) is 0 Å². The Morgan fingerprint density at radius 2 is 2.20 bits per heavy atom. The highest BCUT2D eigenvalue weighted by Crippen LogP contribution is 2.18. The van der Waals surface area contributed by atoms with Crippen molar-refractivity contribution < 1.29 is 9.59 Å². The fraction of sp³-hybridized carbons (Fsp3) is 0.231. The number of nitrogens with one attached hydrogen (secondary N) is 2. The van der Waals surface area contributed by atoms with Gasteiger partial charge in [-0.2, -0.15) is 10.1 Å². The van der Waals surface area contributed by atoms with E-state index in [0.717, 1.165) is 5.69 Å². The van der Waals surface area contributed by atoms with Gasteiger partial charge in [-0.15, -0.1) is 0 Å². The molecule has 102 valence electrons. The zero-order valence-electron chi connectivity index (χ0n) is 10.6. The van der Waals surface area contributed by atoms with Crippen LogP contribution in [0.2, 0.25) is 0 Å². The average molecular weight is 271 g/mol. The van der Waals surface area contributed by atoms with Gasteiger partial charge in [0, 0.05) is 12.1 Å². The van der Waals surface area contributed by atoms with E-state index in [4.69, 9.17) is 0 Å². The Morgan fingerprint density at radius 1 is 1.40 bits per heavy atom. The van der Waals surface area contributed by atoms with Crippen molar-refractivity contribution in [3.05, 3.63) is 36.7 Å². The molecule has 0 aliphatic carbocycles. The molecule has 0 saturated carbocycles. The molecule has 3 rings (SSSR count). The van der Waals surface area contributed by atoms with Crippen LogP contribution in [0, 0.1) is 5.92 Å². The lowest BCUT2D eigenvalue weighted by molar-refractivity contribution is -0.125. The maximum absolute atomic E-state index is 11.9. The molecule has 0 radical (unpaired) electrons. The summed E-state index contributed by atoms with van der Waals surface area (Å²) < 4.78 is 1.59. The van der Waals surface area contributed by atoms with Gasteiger partial charge in [-0.1, -0.05) is 18.2 Å². The molecule has 0 saturated heterocycles. The standard InChI is InChI=1S/C13H13N5O2/c19-11(16-10-4-2-1-3-5-10)6-9-7-18-13(14-8-15-18)17-12(9)20/h1-5,8-9H,6-7H2,(H,16,19)(H,14,15,17,20)/t9-/m0/s1. The number of rotatable bonds is 3. The highest BCUT2D eigenvalue weighted by atomic mass is 16.2. The summed E-state index contributed by atoms with van der Waals surface area (Å²) in [5.74, 6) is -0.406. The first-order valence-electron chi connectivity index (χ1n) is 6.26. The van der Waals surface area contributed by atoms with Crippen LogP contribution in [0.15, 0.2) is 36.7 Å². The van der Waals surface area contributed by atoms with Crippen LogP contribution in [0.4, 0.5) is 11.6 Å². The molecule has 1 aromatic heterocycles. The molecule has 1 aliphatic rings. The summed E-state index contributed by atoms with van der Waals surface area (Å²) in [6, 6.07) is 9.15. The van der Waals surface area contributed by atoms with Crippen molar-refractivity contribution in [2.45, 2.75) is 13.0 Å². The Morgan fingerprint density at radius 3 is 3.00 bits per heavy atom. The number of amides is 2. The van der Waals surface area contributed by atoms with Crippen LogP contribution in [0.25, 0.3) is 0 Å². The maximum Gasteiger partial charge on any atom is 0.232 e. The topological polar surface area (TPSA) is 88.9 Å². The third-order valence-corrected chi connectivity index (χ3v) is 3.10. The largest absolute Gasteiger partial charge is 0.326 e. The van der Waals surface area contributed by atoms with Crippen LogP contribution in [-0.4, -0.2) is 26.6 Å². The van der Waals surface area contributed by atoms with Crippen molar-refractivity contribution in [3.8, 4) is 0 Å². The van der Waals surface area contributed by atoms with Gasteiger partial charge >= 0.3 is 0 Å². The van der Waals surface area contributed by atoms with E-state index in [1.807, 2.05) is 18.2 Å². The second kappa shape index (κ2) is 5.12. The zero-order chi connectivity index (χ0) is 13.9. The SMILES string of the molecule is O=C(C[C@H]1Cn2ncnc2NC1=O)Nc1ccccc1. The quantitative estimate of drug-likeness (QED) is 0.867. The first-order valence-corrected chi connectivity index (χ1v) is 6.26. The van der Waals surface area contributed by atoms with Crippen LogP contribution in [-0.2, 0) is 16.1 Å². The Balaban J connectivity index is 1.63. The highest BCUT2D eigenvalue weighted by molar-refractivity contribution is 5.98. The summed E-state index contributed by atoms with van der Waals surface area (Å²) in [5, 5.41) is 9.38. The van der Waals surface area contributed by atoms with Crippen molar-refractivity contribution in [1.29, 1.82) is 0 Å². The number of nitrogens with zero attached hydrogens (tertiary/aromatic N) is 3. The number of para-hydroxylation sites is 1. The molecule has 2 heterocycles. The maximum atomic E-state index is 11.9. The van der Waals surface area contributed by atoms with Crippen molar-refractivity contribution in [2.24, 2.45) is 5.92 Å². The smallest absolute Gasteiger partial charge is 0.232 e. The lowest BCUT2D eigenvalue weighted by Gasteiger charge is -2.21. The minimum absolute atomic E-state index is 0.111. The number of benzene rings is 1. The Kier molecular flexibility index (Phi) is 3.16. The number of hydrogen-bond acceptors (Lipinski definition) is 4. The van der Waals surface area contributed by atoms with Gasteiger partial charge in [-0.05, 0) is 12.1 Å². The van der Waals surface area contributed by atoms with Crippen molar-refractivity contribution in [3.63, 3.8) is 0 Å². The Bertz CT molecular complexity index is 637. The van der Waals surface area contributed by atoms with Crippen LogP contribution in [0.1, 0.15) is 6.42 Å². The van der Waals surface area contributed by atoms with Gasteiger partial charge in [-0.25, -0.2) is 4.68 Å². The minimum Gasteiger partial charge on any atom is -0.326 e. The second-order valence-electron chi connectivity index (χ2n) is 4.57. The number of carbonyl (C=O) groups is 2. The van der Waals surface area contributed by atoms with Crippen LogP contribution >= 0.6 is 0 Å². The normalized spacial score (nSPS) is 17.2. The number of carbonyl (C=O) groups excluding carboxylic acids is 2. The summed E-state index contributed by atoms with van der Waals surface area (Å²) in [5.41, 5.74) is 0.718. The fourth-order valence-corrected chi connectivity index (χ4v) is 2.11. The molecule has 0 bridgehead atoms. The predicted molar refractivity (Wildman–Crippen MR) is 71.8 cm³/mol. The number of aromatic nitrogens is 3. The van der Waals surface area contributed by atoms with Gasteiger partial charge in [0.25, 0.3) is 0 Å². The lowest BCUT2D eigenvalue weighted by atomic mass is 10.0. The molecule has 2 amide bonds. The lowest BCUT2D eigenvalue weighted by Crippen LogP contribution is -2.36. The van der Waals surface area contributed by atoms with Gasteiger partial charge in [0.2, 0.25) is 17.8 Å². The number of fused-ring (bicyclic) bond motifs is 1. The number of hydrogen-bond donors (Lipinski definition) is 2. The number of anilines is 2. The molecule has 20 heavy (non-hydrogen) atoms. The van der Waals surface area contributed by atoms with Crippen molar-refractivity contribution in [2.75, 3.05) is 10.6 Å². The van der Waals surface area contributed by atoms with Crippen LogP contribution in [0.5, 0.6) is 0 Å². The van der Waals surface area contributed by atoms with Gasteiger partial charge in [0.1, 0.15) is 6.33 Å². The molecule has 1 aliphatic heterocycles. The first kappa shape index (κ1) is 12.3. The molecule has 0 spiro atoms. The molecule has 2 aromatic rings. The van der Waals surface area contributed by atoms with E-state index in [1.54, 1.807) is 16.8 Å². The molecular weight excluding hydrogens is 258 g/mol. The van der Waals surface area contributed by atoms with E-state index in [0.29, 0.717) is 12.5 Å². The highest BCUT2D eigenvalue weighted by Gasteiger charge is 2.29. The molecule has 7 heteroatoms. The first-order chi connectivity index (χ1) is 9.72. The summed E-state index contributed by atoms with van der Waals surface area (Å²) in [6.45, 7) is 0.364. The third-order valence-electron chi connectivity index (χ3n) is 3.10. The van der Waals surface area contributed by atoms with Gasteiger partial charge < -0.3 is 5.32 Å². The van der Waals surface area contributed by atoms with Gasteiger partial charge in [0.05, 0.1) is 12.5 Å². The van der Waals surface area contributed by atoms with E-state index in [1.165, 1.54) is 6.33 Å². The van der Waals surface area contributed by atoms with E-state index < -0.39 is 5.92 Å². The van der Waals surface area contributed by atoms with Crippen molar-refractivity contribution in [1.82, 2.24) is 14.8 Å². The summed E-state index contributed by atoms with van der Waals surface area (Å²) in [4.78, 5) is 27.7. The molecule has 0 fully saturated rings. The zero-order valence-corrected chi connectivity index (χ0v) is 10.6. The van der Waals surface area contributed by atoms with Gasteiger partial charge in [-0.3, -0.25) is 14.9 Å². The molecular formula is C13H13N5O2. The molecule has 7 nitrogen and oxygen atoms in total. The third kappa shape index (κ3) is 2.51. The summed E-state index contributed by atoms with van der Waals surface area (Å²) in [7, 11) is 0. The summed E-state index contributed by atoms with van der Waals surface area (Å²) >= 11 is 0. The summed E-state index contributed by atoms with van der Waals surface area (Å²) in [6.07, 6.45) is 1.49. The molecule has 1 aromatic carbocycles. The molecule has 1 atom stereocenters. The fourth-order valence-electron chi connectivity index (χ4n) is 2.11. The monoisotopic (exact) mass is 271 g/mol. The minimum atomic E-state index is -0.437. The van der Waals surface area contributed by atoms with E-state index >= 15 is 0 Å². The Hall–Kier alpha value is -2.70. The van der Waals surface area contributed by atoms with E-state index in [9.17, 15) is 9.59 Å². The predicted octanol–water partition coefficient (Wildman–Crippen LogP) is 0.875. The van der Waals surface area contributed by atoms with E-state index in [2.05, 4.69) is 20.7 Å². The van der Waals surface area contributed by atoms with Crippen molar-refractivity contribution >= 4 is 23.5 Å². The van der Waals surface area contributed by atoms with Crippen LogP contribution < -0.4 is 10.6 Å².